The molecule has 0 radical (unpaired) electrons. The molecule has 2 atom stereocenters. The van der Waals surface area contributed by atoms with E-state index in [1.165, 1.54) is 0 Å². The van der Waals surface area contributed by atoms with Crippen molar-refractivity contribution in [1.29, 1.82) is 5.26 Å². The first-order valence-corrected chi connectivity index (χ1v) is 8.16. The highest BCUT2D eigenvalue weighted by Gasteiger charge is 2.72. The lowest BCUT2D eigenvalue weighted by Gasteiger charge is -2.14. The van der Waals surface area contributed by atoms with Gasteiger partial charge in [-0.2, -0.15) is 5.26 Å². The molecule has 2 aromatic rings. The molecule has 0 amide bonds. The molecule has 3 rings (SSSR count). The van der Waals surface area contributed by atoms with Gasteiger partial charge in [0, 0.05) is 6.42 Å². The maximum Gasteiger partial charge on any atom is 0.130 e. The van der Waals surface area contributed by atoms with E-state index in [0.717, 1.165) is 11.3 Å². The summed E-state index contributed by atoms with van der Waals surface area (Å²) < 4.78 is 5.89. The van der Waals surface area contributed by atoms with Crippen molar-refractivity contribution < 1.29 is 9.53 Å². The third-order valence-corrected chi connectivity index (χ3v) is 5.26. The van der Waals surface area contributed by atoms with Crippen LogP contribution in [0.5, 0.6) is 11.5 Å². The molecule has 1 aliphatic rings. The van der Waals surface area contributed by atoms with Crippen LogP contribution in [-0.2, 0) is 10.2 Å². The quantitative estimate of drug-likeness (QED) is 0.789. The van der Waals surface area contributed by atoms with Crippen molar-refractivity contribution in [3.05, 3.63) is 60.2 Å². The molecule has 1 fully saturated rings. The van der Waals surface area contributed by atoms with Crippen LogP contribution in [0.25, 0.3) is 0 Å². The fraction of sp³-hybridized carbons (Fsp3) is 0.333. The molecule has 0 heterocycles. The van der Waals surface area contributed by atoms with E-state index >= 15 is 0 Å². The average Bonchev–Trinajstić information content (AvgIpc) is 3.03. The van der Waals surface area contributed by atoms with E-state index in [4.69, 9.17) is 4.74 Å². The summed E-state index contributed by atoms with van der Waals surface area (Å²) in [6.45, 7) is 5.72. The third-order valence-electron chi connectivity index (χ3n) is 5.26. The molecular formula is C21H21NO2. The maximum atomic E-state index is 11.6. The Hall–Kier alpha value is -2.60. The molecule has 3 nitrogen and oxygen atoms in total. The number of rotatable bonds is 5. The highest BCUT2D eigenvalue weighted by Crippen LogP contribution is 2.70. The number of nitrogens with zero attached hydrogens (tertiary/aromatic N) is 1. The molecule has 2 aromatic carbocycles. The molecule has 0 spiro atoms. The zero-order valence-electron chi connectivity index (χ0n) is 14.2. The second kappa shape index (κ2) is 5.79. The normalized spacial score (nSPS) is 24.0. The smallest absolute Gasteiger partial charge is 0.130 e. The van der Waals surface area contributed by atoms with Crippen molar-refractivity contribution in [2.24, 2.45) is 11.3 Å². The molecular weight excluding hydrogens is 298 g/mol. The fourth-order valence-electron chi connectivity index (χ4n) is 3.86. The van der Waals surface area contributed by atoms with Crippen LogP contribution in [0.4, 0.5) is 0 Å². The van der Waals surface area contributed by atoms with Gasteiger partial charge in [0.25, 0.3) is 0 Å². The number of hydrogen-bond donors (Lipinski definition) is 0. The van der Waals surface area contributed by atoms with Crippen molar-refractivity contribution >= 4 is 5.78 Å². The Bertz CT molecular complexity index is 804. The molecule has 0 unspecified atom stereocenters. The number of para-hydroxylation sites is 1. The summed E-state index contributed by atoms with van der Waals surface area (Å²) in [5.74, 6) is 1.63. The first-order chi connectivity index (χ1) is 11.4. The molecule has 0 aromatic heterocycles. The van der Waals surface area contributed by atoms with Crippen LogP contribution in [-0.4, -0.2) is 5.78 Å². The number of ether oxygens (including phenoxy) is 1. The molecule has 0 bridgehead atoms. The Morgan fingerprint density at radius 1 is 1.12 bits per heavy atom. The molecule has 0 saturated heterocycles. The van der Waals surface area contributed by atoms with Crippen molar-refractivity contribution in [1.82, 2.24) is 0 Å². The summed E-state index contributed by atoms with van der Waals surface area (Å²) in [5.41, 5.74) is 0.0720. The highest BCUT2D eigenvalue weighted by atomic mass is 16.5. The number of benzene rings is 2. The van der Waals surface area contributed by atoms with E-state index in [9.17, 15) is 10.1 Å². The maximum absolute atomic E-state index is 11.6. The summed E-state index contributed by atoms with van der Waals surface area (Å²) in [5, 5.41) is 9.91. The lowest BCUT2D eigenvalue weighted by molar-refractivity contribution is -0.117. The van der Waals surface area contributed by atoms with E-state index < -0.39 is 5.41 Å². The predicted molar refractivity (Wildman–Crippen MR) is 92.8 cm³/mol. The number of Topliss-reactive ketones (excluding diaryl/α,β-unsaturated/α-hetero) is 1. The van der Waals surface area contributed by atoms with Gasteiger partial charge < -0.3 is 9.53 Å². The Morgan fingerprint density at radius 3 is 2.42 bits per heavy atom. The molecule has 1 aliphatic carbocycles. The summed E-state index contributed by atoms with van der Waals surface area (Å²) in [4.78, 5) is 11.6. The van der Waals surface area contributed by atoms with Crippen LogP contribution in [0.15, 0.2) is 54.6 Å². The van der Waals surface area contributed by atoms with E-state index in [2.05, 4.69) is 19.9 Å². The summed E-state index contributed by atoms with van der Waals surface area (Å²) in [6, 6.07) is 19.7. The van der Waals surface area contributed by atoms with Crippen LogP contribution < -0.4 is 4.74 Å². The number of nitriles is 1. The lowest BCUT2D eigenvalue weighted by atomic mass is 9.88. The molecule has 3 heteroatoms. The molecule has 24 heavy (non-hydrogen) atoms. The van der Waals surface area contributed by atoms with Gasteiger partial charge in [0.2, 0.25) is 0 Å². The van der Waals surface area contributed by atoms with Crippen molar-refractivity contribution in [2.75, 3.05) is 0 Å². The highest BCUT2D eigenvalue weighted by molar-refractivity contribution is 5.77. The minimum absolute atomic E-state index is 0.0412. The predicted octanol–water partition coefficient (Wildman–Crippen LogP) is 4.88. The number of ketones is 1. The monoisotopic (exact) mass is 319 g/mol. The van der Waals surface area contributed by atoms with Gasteiger partial charge in [-0.3, -0.25) is 0 Å². The Labute approximate surface area is 142 Å². The third kappa shape index (κ3) is 2.49. The molecule has 122 valence electrons. The van der Waals surface area contributed by atoms with Crippen molar-refractivity contribution in [3.63, 3.8) is 0 Å². The minimum Gasteiger partial charge on any atom is -0.457 e. The first-order valence-electron chi connectivity index (χ1n) is 8.16. The van der Waals surface area contributed by atoms with Crippen LogP contribution >= 0.6 is 0 Å². The second-order valence-electron chi connectivity index (χ2n) is 7.04. The Kier molecular flexibility index (Phi) is 3.93. The van der Waals surface area contributed by atoms with E-state index in [1.54, 1.807) is 6.92 Å². The van der Waals surface area contributed by atoms with E-state index in [0.29, 0.717) is 12.2 Å². The standard InChI is InChI=1S/C21H21NO2/c1-15(23)12-19-20(2,3)21(19,14-22)16-8-7-11-18(13-16)24-17-9-5-4-6-10-17/h4-11,13,19H,12H2,1-3H3/t19-,21+/m1/s1. The topological polar surface area (TPSA) is 50.1 Å². The second-order valence-corrected chi connectivity index (χ2v) is 7.04. The summed E-state index contributed by atoms with van der Waals surface area (Å²) >= 11 is 0. The van der Waals surface area contributed by atoms with Gasteiger partial charge in [0.1, 0.15) is 17.3 Å². The van der Waals surface area contributed by atoms with Gasteiger partial charge in [-0.1, -0.05) is 44.2 Å². The lowest BCUT2D eigenvalue weighted by Crippen LogP contribution is -2.12. The van der Waals surface area contributed by atoms with Crippen LogP contribution in [0.1, 0.15) is 32.8 Å². The average molecular weight is 319 g/mol. The SMILES string of the molecule is CC(=O)C[C@@H]1C(C)(C)[C@@]1(C#N)c1cccc(Oc2ccccc2)c1. The van der Waals surface area contributed by atoms with Crippen LogP contribution in [0.2, 0.25) is 0 Å². The van der Waals surface area contributed by atoms with Crippen molar-refractivity contribution in [2.45, 2.75) is 32.6 Å². The van der Waals surface area contributed by atoms with Gasteiger partial charge in [-0.15, -0.1) is 0 Å². The van der Waals surface area contributed by atoms with E-state index in [-0.39, 0.29) is 17.1 Å². The molecule has 0 N–H and O–H groups in total. The van der Waals surface area contributed by atoms with Crippen LogP contribution in [0.3, 0.4) is 0 Å². The minimum atomic E-state index is -0.630. The zero-order chi connectivity index (χ0) is 17.4. The van der Waals surface area contributed by atoms with E-state index in [1.807, 2.05) is 54.6 Å². The van der Waals surface area contributed by atoms with Gasteiger partial charge in [-0.25, -0.2) is 0 Å². The van der Waals surface area contributed by atoms with Gasteiger partial charge in [-0.05, 0) is 48.1 Å². The number of carbonyl (C=O) groups is 1. The van der Waals surface area contributed by atoms with Gasteiger partial charge in [0.15, 0.2) is 0 Å². The largest absolute Gasteiger partial charge is 0.457 e. The van der Waals surface area contributed by atoms with Crippen LogP contribution in [0, 0.1) is 22.7 Å². The zero-order valence-corrected chi connectivity index (χ0v) is 14.2. The molecule has 0 aliphatic heterocycles. The molecule has 1 saturated carbocycles. The van der Waals surface area contributed by atoms with Crippen molar-refractivity contribution in [3.8, 4) is 17.6 Å². The van der Waals surface area contributed by atoms with Gasteiger partial charge in [0.05, 0.1) is 11.5 Å². The summed E-state index contributed by atoms with van der Waals surface area (Å²) in [7, 11) is 0. The Balaban J connectivity index is 1.93. The first kappa shape index (κ1) is 16.3. The summed E-state index contributed by atoms with van der Waals surface area (Å²) in [6.07, 6.45) is 0.435. The fourth-order valence-corrected chi connectivity index (χ4v) is 3.86. The Morgan fingerprint density at radius 2 is 1.79 bits per heavy atom. The number of hydrogen-bond acceptors (Lipinski definition) is 3. The number of carbonyl (C=O) groups excluding carboxylic acids is 1. The van der Waals surface area contributed by atoms with Gasteiger partial charge >= 0.3 is 0 Å².